The summed E-state index contributed by atoms with van der Waals surface area (Å²) in [7, 11) is 0. The first-order chi connectivity index (χ1) is 9.51. The van der Waals surface area contributed by atoms with Gasteiger partial charge in [-0.3, -0.25) is 9.59 Å². The van der Waals surface area contributed by atoms with Crippen LogP contribution in [-0.4, -0.2) is 17.7 Å². The van der Waals surface area contributed by atoms with Crippen LogP contribution in [0.3, 0.4) is 0 Å². The van der Waals surface area contributed by atoms with Crippen molar-refractivity contribution in [3.8, 4) is 0 Å². The molecule has 0 heterocycles. The minimum absolute atomic E-state index is 0.0550. The van der Waals surface area contributed by atoms with Gasteiger partial charge in [-0.15, -0.1) is 11.6 Å². The zero-order valence-corrected chi connectivity index (χ0v) is 12.9. The molecule has 0 unspecified atom stereocenters. The van der Waals surface area contributed by atoms with E-state index in [1.54, 1.807) is 0 Å². The maximum atomic E-state index is 11.5. The van der Waals surface area contributed by atoms with E-state index in [0.29, 0.717) is 6.54 Å². The third-order valence-electron chi connectivity index (χ3n) is 3.05. The summed E-state index contributed by atoms with van der Waals surface area (Å²) in [5.74, 6) is -0.314. The predicted octanol–water partition coefficient (Wildman–Crippen LogP) is 2.62. The number of rotatable bonds is 6. The predicted molar refractivity (Wildman–Crippen MR) is 82.1 cm³/mol. The molecule has 110 valence electrons. The van der Waals surface area contributed by atoms with Crippen LogP contribution in [0.1, 0.15) is 37.5 Å². The van der Waals surface area contributed by atoms with E-state index in [0.717, 1.165) is 35.2 Å². The molecular weight excluding hydrogens is 276 g/mol. The topological polar surface area (TPSA) is 58.2 Å². The van der Waals surface area contributed by atoms with E-state index in [2.05, 4.69) is 10.6 Å². The molecule has 2 N–H and O–H groups in total. The summed E-state index contributed by atoms with van der Waals surface area (Å²) >= 11 is 5.55. The molecule has 0 atom stereocenters. The average molecular weight is 297 g/mol. The number of amides is 2. The van der Waals surface area contributed by atoms with E-state index in [-0.39, 0.29) is 17.7 Å². The third-order valence-corrected chi connectivity index (χ3v) is 3.29. The van der Waals surface area contributed by atoms with Crippen molar-refractivity contribution in [2.75, 3.05) is 11.2 Å². The molecule has 0 fully saturated rings. The van der Waals surface area contributed by atoms with Gasteiger partial charge < -0.3 is 10.6 Å². The van der Waals surface area contributed by atoms with Gasteiger partial charge in [-0.25, -0.2) is 0 Å². The minimum Gasteiger partial charge on any atom is -0.352 e. The lowest BCUT2D eigenvalue weighted by molar-refractivity contribution is -0.119. The van der Waals surface area contributed by atoms with Gasteiger partial charge in [0.25, 0.3) is 0 Å². The largest absolute Gasteiger partial charge is 0.352 e. The Morgan fingerprint density at radius 3 is 2.10 bits per heavy atom. The Hall–Kier alpha value is -1.55. The van der Waals surface area contributed by atoms with Crippen molar-refractivity contribution in [3.05, 3.63) is 28.8 Å². The number of carbonyl (C=O) groups is 2. The number of alkyl halides is 1. The molecular formula is C15H21ClN2O2. The number of aryl methyl sites for hydroxylation is 2. The highest BCUT2D eigenvalue weighted by atomic mass is 35.5. The fourth-order valence-electron chi connectivity index (χ4n) is 2.06. The molecule has 0 saturated carbocycles. The summed E-state index contributed by atoms with van der Waals surface area (Å²) in [6, 6.07) is 4.03. The van der Waals surface area contributed by atoms with E-state index >= 15 is 0 Å². The van der Waals surface area contributed by atoms with Gasteiger partial charge in [0.15, 0.2) is 0 Å². The summed E-state index contributed by atoms with van der Waals surface area (Å²) in [4.78, 5) is 22.5. The normalized spacial score (nSPS) is 10.2. The summed E-state index contributed by atoms with van der Waals surface area (Å²) in [5.41, 5.74) is 4.01. The van der Waals surface area contributed by atoms with Crippen molar-refractivity contribution >= 4 is 29.1 Å². The molecule has 0 aliphatic heterocycles. The van der Waals surface area contributed by atoms with Crippen molar-refractivity contribution in [2.24, 2.45) is 0 Å². The molecule has 5 heteroatoms. The molecule has 0 spiro atoms. The highest BCUT2D eigenvalue weighted by Crippen LogP contribution is 2.25. The van der Waals surface area contributed by atoms with E-state index in [4.69, 9.17) is 11.6 Å². The van der Waals surface area contributed by atoms with Crippen LogP contribution in [0, 0.1) is 0 Å². The van der Waals surface area contributed by atoms with Gasteiger partial charge in [0.05, 0.1) is 0 Å². The number of anilines is 1. The quantitative estimate of drug-likeness (QED) is 0.793. The maximum absolute atomic E-state index is 11.5. The Labute approximate surface area is 124 Å². The second-order valence-electron chi connectivity index (χ2n) is 4.59. The molecule has 0 aromatic heterocycles. The van der Waals surface area contributed by atoms with E-state index in [1.165, 1.54) is 6.92 Å². The third kappa shape index (κ3) is 4.53. The molecule has 1 aromatic carbocycles. The molecule has 0 bridgehead atoms. The molecule has 1 rings (SSSR count). The van der Waals surface area contributed by atoms with Crippen LogP contribution in [0.2, 0.25) is 0 Å². The Morgan fingerprint density at radius 1 is 1.15 bits per heavy atom. The fourth-order valence-corrected chi connectivity index (χ4v) is 2.13. The summed E-state index contributed by atoms with van der Waals surface area (Å²) < 4.78 is 0. The molecule has 20 heavy (non-hydrogen) atoms. The van der Waals surface area contributed by atoms with Crippen molar-refractivity contribution in [1.82, 2.24) is 5.32 Å². The number of halogens is 1. The van der Waals surface area contributed by atoms with Crippen LogP contribution in [0.5, 0.6) is 0 Å². The fraction of sp³-hybridized carbons (Fsp3) is 0.467. The first-order valence-electron chi connectivity index (χ1n) is 6.76. The lowest BCUT2D eigenvalue weighted by atomic mass is 9.99. The number of hydrogen-bond acceptors (Lipinski definition) is 2. The zero-order chi connectivity index (χ0) is 15.1. The highest BCUT2D eigenvalue weighted by molar-refractivity contribution is 6.29. The van der Waals surface area contributed by atoms with E-state index < -0.39 is 0 Å². The molecule has 0 radical (unpaired) electrons. The molecule has 2 amide bonds. The molecule has 0 aliphatic carbocycles. The van der Waals surface area contributed by atoms with Gasteiger partial charge in [-0.2, -0.15) is 0 Å². The smallest absolute Gasteiger partial charge is 0.239 e. The van der Waals surface area contributed by atoms with Gasteiger partial charge >= 0.3 is 0 Å². The molecule has 0 aliphatic rings. The standard InChI is InChI=1S/C15H21ClN2O2/c1-4-12-6-11(9-17-10(3)19)7-13(5-2)15(12)18-14(20)8-16/h6-7H,4-5,8-9H2,1-3H3,(H,17,19)(H,18,20). The average Bonchev–Trinajstić information content (AvgIpc) is 2.45. The van der Waals surface area contributed by atoms with Crippen molar-refractivity contribution in [3.63, 3.8) is 0 Å². The Bertz CT molecular complexity index is 476. The lowest BCUT2D eigenvalue weighted by Crippen LogP contribution is -2.20. The number of carbonyl (C=O) groups excluding carboxylic acids is 2. The van der Waals surface area contributed by atoms with Crippen LogP contribution < -0.4 is 10.6 Å². The monoisotopic (exact) mass is 296 g/mol. The lowest BCUT2D eigenvalue weighted by Gasteiger charge is -2.16. The SMILES string of the molecule is CCc1cc(CNC(C)=O)cc(CC)c1NC(=O)CCl. The molecule has 0 saturated heterocycles. The van der Waals surface area contributed by atoms with Crippen LogP contribution in [0.25, 0.3) is 0 Å². The van der Waals surface area contributed by atoms with Crippen molar-refractivity contribution in [1.29, 1.82) is 0 Å². The minimum atomic E-state index is -0.203. The van der Waals surface area contributed by atoms with Crippen molar-refractivity contribution in [2.45, 2.75) is 40.2 Å². The number of nitrogens with one attached hydrogen (secondary N) is 2. The van der Waals surface area contributed by atoms with E-state index in [1.807, 2.05) is 26.0 Å². The zero-order valence-electron chi connectivity index (χ0n) is 12.2. The van der Waals surface area contributed by atoms with Crippen LogP contribution in [-0.2, 0) is 29.0 Å². The second kappa shape index (κ2) is 7.90. The van der Waals surface area contributed by atoms with Crippen LogP contribution >= 0.6 is 11.6 Å². The first-order valence-corrected chi connectivity index (χ1v) is 7.30. The Balaban J connectivity index is 3.10. The van der Waals surface area contributed by atoms with Gasteiger partial charge in [-0.1, -0.05) is 26.0 Å². The van der Waals surface area contributed by atoms with Crippen LogP contribution in [0.4, 0.5) is 5.69 Å². The van der Waals surface area contributed by atoms with Gasteiger partial charge in [0, 0.05) is 19.2 Å². The molecule has 1 aromatic rings. The van der Waals surface area contributed by atoms with Gasteiger partial charge in [0.2, 0.25) is 11.8 Å². The van der Waals surface area contributed by atoms with Crippen LogP contribution in [0.15, 0.2) is 12.1 Å². The molecule has 4 nitrogen and oxygen atoms in total. The van der Waals surface area contributed by atoms with Crippen molar-refractivity contribution < 1.29 is 9.59 Å². The van der Waals surface area contributed by atoms with E-state index in [9.17, 15) is 9.59 Å². The van der Waals surface area contributed by atoms with Gasteiger partial charge in [-0.05, 0) is 29.5 Å². The number of benzene rings is 1. The summed E-state index contributed by atoms with van der Waals surface area (Å²) in [6.07, 6.45) is 1.61. The Morgan fingerprint density at radius 2 is 1.70 bits per heavy atom. The Kier molecular flexibility index (Phi) is 6.52. The van der Waals surface area contributed by atoms with Gasteiger partial charge in [0.1, 0.15) is 5.88 Å². The highest BCUT2D eigenvalue weighted by Gasteiger charge is 2.11. The summed E-state index contributed by atoms with van der Waals surface area (Å²) in [5, 5.41) is 5.65. The maximum Gasteiger partial charge on any atom is 0.239 e. The number of hydrogen-bond donors (Lipinski definition) is 2. The second-order valence-corrected chi connectivity index (χ2v) is 4.85. The first kappa shape index (κ1) is 16.5. The summed E-state index contributed by atoms with van der Waals surface area (Å²) in [6.45, 7) is 6.07.